The molecule has 1 aromatic carbocycles. The Bertz CT molecular complexity index is 643. The monoisotopic (exact) mass is 598 g/mol. The molecule has 0 bridgehead atoms. The first kappa shape index (κ1) is 40.0. The fraction of sp³-hybridized carbons (Fsp3) is 0.857. The summed E-state index contributed by atoms with van der Waals surface area (Å²) in [5.41, 5.74) is 3.17. The van der Waals surface area contributed by atoms with Crippen LogP contribution in [0.25, 0.3) is 0 Å². The van der Waals surface area contributed by atoms with Crippen molar-refractivity contribution in [3.05, 3.63) is 29.8 Å². The van der Waals surface area contributed by atoms with E-state index in [0.717, 1.165) is 0 Å². The van der Waals surface area contributed by atoms with Crippen LogP contribution in [0.3, 0.4) is 0 Å². The largest absolute Gasteiger partial charge is 0.371 e. The molecule has 1 heteroatoms. The molecule has 0 fully saturated rings. The van der Waals surface area contributed by atoms with Crippen molar-refractivity contribution in [3.8, 4) is 0 Å². The van der Waals surface area contributed by atoms with Gasteiger partial charge in [0.2, 0.25) is 0 Å². The van der Waals surface area contributed by atoms with Gasteiger partial charge in [-0.2, -0.15) is 0 Å². The summed E-state index contributed by atoms with van der Waals surface area (Å²) >= 11 is 0. The number of unbranched alkanes of at least 4 members (excludes halogenated alkanes) is 27. The molecular formula is C42H79N. The van der Waals surface area contributed by atoms with Gasteiger partial charge in [0, 0.05) is 18.8 Å². The van der Waals surface area contributed by atoms with E-state index in [4.69, 9.17) is 0 Å². The molecule has 0 aromatic heterocycles. The summed E-state index contributed by atoms with van der Waals surface area (Å²) in [6.07, 6.45) is 44.0. The summed E-state index contributed by atoms with van der Waals surface area (Å²) in [6, 6.07) is 9.46. The molecule has 0 unspecified atom stereocenters. The lowest BCUT2D eigenvalue weighted by Crippen LogP contribution is -2.27. The smallest absolute Gasteiger partial charge is 0.0398 e. The van der Waals surface area contributed by atoms with E-state index in [1.54, 1.807) is 11.3 Å². The van der Waals surface area contributed by atoms with Crippen LogP contribution in [0.2, 0.25) is 0 Å². The third-order valence-electron chi connectivity index (χ3n) is 9.70. The maximum Gasteiger partial charge on any atom is 0.0398 e. The molecule has 0 aliphatic heterocycles. The fourth-order valence-corrected chi connectivity index (χ4v) is 6.77. The van der Waals surface area contributed by atoms with Gasteiger partial charge in [-0.3, -0.25) is 0 Å². The van der Waals surface area contributed by atoms with Gasteiger partial charge in [0.1, 0.15) is 0 Å². The zero-order chi connectivity index (χ0) is 30.9. The van der Waals surface area contributed by atoms with Crippen molar-refractivity contribution in [2.24, 2.45) is 0 Å². The molecule has 1 aromatic rings. The topological polar surface area (TPSA) is 3.24 Å². The maximum atomic E-state index is 2.79. The average molecular weight is 598 g/mol. The van der Waals surface area contributed by atoms with Gasteiger partial charge in [0.15, 0.2) is 0 Å². The van der Waals surface area contributed by atoms with Crippen molar-refractivity contribution in [1.82, 2.24) is 0 Å². The van der Waals surface area contributed by atoms with E-state index in [1.807, 2.05) is 0 Å². The first-order valence-electron chi connectivity index (χ1n) is 20.2. The summed E-state index contributed by atoms with van der Waals surface area (Å²) in [4.78, 5) is 2.79. The molecule has 0 atom stereocenters. The van der Waals surface area contributed by atoms with E-state index in [1.165, 1.54) is 212 Å². The van der Waals surface area contributed by atoms with E-state index in [2.05, 4.69) is 49.9 Å². The van der Waals surface area contributed by atoms with Crippen LogP contribution in [0, 0.1) is 0 Å². The van der Waals surface area contributed by atoms with Crippen LogP contribution in [-0.2, 0) is 6.42 Å². The number of hydrogen-bond acceptors (Lipinski definition) is 1. The molecule has 0 saturated heterocycles. The van der Waals surface area contributed by atoms with Crippen molar-refractivity contribution < 1.29 is 0 Å². The lowest BCUT2D eigenvalue weighted by Gasteiger charge is -2.27. The normalized spacial score (nSPS) is 11.4. The first-order valence-corrected chi connectivity index (χ1v) is 20.2. The molecule has 43 heavy (non-hydrogen) atoms. The minimum absolute atomic E-state index is 1.25. The zero-order valence-electron chi connectivity index (χ0n) is 30.1. The third kappa shape index (κ3) is 25.0. The van der Waals surface area contributed by atoms with Gasteiger partial charge >= 0.3 is 0 Å². The lowest BCUT2D eigenvalue weighted by atomic mass is 10.0. The number of benzene rings is 1. The highest BCUT2D eigenvalue weighted by Gasteiger charge is 2.11. The highest BCUT2D eigenvalue weighted by Crippen LogP contribution is 2.25. The predicted octanol–water partition coefficient (Wildman–Crippen LogP) is 14.8. The van der Waals surface area contributed by atoms with Crippen LogP contribution in [0.15, 0.2) is 24.3 Å². The molecule has 0 amide bonds. The molecule has 1 rings (SSSR count). The fourth-order valence-electron chi connectivity index (χ4n) is 6.77. The molecule has 252 valence electrons. The maximum absolute atomic E-state index is 2.79. The summed E-state index contributed by atoms with van der Waals surface area (Å²) in [5.74, 6) is 0. The van der Waals surface area contributed by atoms with Crippen molar-refractivity contribution in [1.29, 1.82) is 0 Å². The Labute approximate surface area is 272 Å². The van der Waals surface area contributed by atoms with Crippen LogP contribution >= 0.6 is 0 Å². The van der Waals surface area contributed by atoms with Crippen LogP contribution in [-0.4, -0.2) is 13.1 Å². The Kier molecular flexibility index (Phi) is 30.2. The van der Waals surface area contributed by atoms with E-state index in [-0.39, 0.29) is 0 Å². The quantitative estimate of drug-likeness (QED) is 0.0714. The Morgan fingerprint density at radius 3 is 1.02 bits per heavy atom. The number of anilines is 1. The van der Waals surface area contributed by atoms with Gasteiger partial charge in [-0.25, -0.2) is 0 Å². The van der Waals surface area contributed by atoms with Crippen molar-refractivity contribution in [2.45, 2.75) is 220 Å². The Morgan fingerprint density at radius 1 is 0.349 bits per heavy atom. The van der Waals surface area contributed by atoms with Gasteiger partial charge in [-0.1, -0.05) is 212 Å². The summed E-state index contributed by atoms with van der Waals surface area (Å²) in [7, 11) is 0. The van der Waals surface area contributed by atoms with Gasteiger partial charge in [-0.05, 0) is 37.3 Å². The molecule has 0 saturated carbocycles. The number of para-hydroxylation sites is 1. The number of aryl methyl sites for hydroxylation is 1. The van der Waals surface area contributed by atoms with Gasteiger partial charge < -0.3 is 4.90 Å². The Balaban J connectivity index is 2.43. The molecular weight excluding hydrogens is 518 g/mol. The van der Waals surface area contributed by atoms with Crippen LogP contribution in [0.5, 0.6) is 0 Å². The van der Waals surface area contributed by atoms with E-state index >= 15 is 0 Å². The van der Waals surface area contributed by atoms with E-state index in [9.17, 15) is 0 Å². The number of nitrogens with zero attached hydrogens (tertiary/aromatic N) is 1. The second-order valence-electron chi connectivity index (χ2n) is 13.9. The Morgan fingerprint density at radius 2 is 0.651 bits per heavy atom. The first-order chi connectivity index (χ1) is 21.3. The SMILES string of the molecule is CCCCCCCCCCCCc1ccccc1N(CCCCCCCCCCCC)CCCCCCCCCCCC. The minimum Gasteiger partial charge on any atom is -0.371 e. The molecule has 1 nitrogen and oxygen atoms in total. The zero-order valence-corrected chi connectivity index (χ0v) is 30.1. The average Bonchev–Trinajstić information content (AvgIpc) is 3.03. The van der Waals surface area contributed by atoms with E-state index in [0.29, 0.717) is 0 Å². The molecule has 0 heterocycles. The molecule has 0 radical (unpaired) electrons. The van der Waals surface area contributed by atoms with Crippen LogP contribution in [0.1, 0.15) is 219 Å². The number of hydrogen-bond donors (Lipinski definition) is 0. The lowest BCUT2D eigenvalue weighted by molar-refractivity contribution is 0.542. The summed E-state index contributed by atoms with van der Waals surface area (Å²) in [6.45, 7) is 9.45. The summed E-state index contributed by atoms with van der Waals surface area (Å²) in [5, 5.41) is 0. The number of rotatable bonds is 34. The molecule has 0 N–H and O–H groups in total. The van der Waals surface area contributed by atoms with E-state index < -0.39 is 0 Å². The van der Waals surface area contributed by atoms with Gasteiger partial charge in [-0.15, -0.1) is 0 Å². The van der Waals surface area contributed by atoms with Crippen molar-refractivity contribution >= 4 is 5.69 Å². The van der Waals surface area contributed by atoms with Crippen molar-refractivity contribution in [3.63, 3.8) is 0 Å². The highest BCUT2D eigenvalue weighted by atomic mass is 15.1. The van der Waals surface area contributed by atoms with Gasteiger partial charge in [0.05, 0.1) is 0 Å². The van der Waals surface area contributed by atoms with Crippen LogP contribution in [0.4, 0.5) is 5.69 Å². The Hall–Kier alpha value is -0.980. The third-order valence-corrected chi connectivity index (χ3v) is 9.70. The highest BCUT2D eigenvalue weighted by molar-refractivity contribution is 5.53. The van der Waals surface area contributed by atoms with Gasteiger partial charge in [0.25, 0.3) is 0 Å². The van der Waals surface area contributed by atoms with Crippen molar-refractivity contribution in [2.75, 3.05) is 18.0 Å². The molecule has 0 spiro atoms. The molecule has 0 aliphatic rings. The second-order valence-corrected chi connectivity index (χ2v) is 13.9. The van der Waals surface area contributed by atoms with Crippen LogP contribution < -0.4 is 4.90 Å². The standard InChI is InChI=1S/C42H79N/c1-4-7-10-13-16-19-22-25-28-31-36-41-37-32-33-38-42(41)43(39-34-29-26-23-20-17-14-11-8-5-2)40-35-30-27-24-21-18-15-12-9-6-3/h32-33,37-38H,4-31,34-36,39-40H2,1-3H3. The predicted molar refractivity (Wildman–Crippen MR) is 198 cm³/mol. The minimum atomic E-state index is 1.25. The summed E-state index contributed by atoms with van der Waals surface area (Å²) < 4.78 is 0. The molecule has 0 aliphatic carbocycles. The second kappa shape index (κ2) is 32.4.